The van der Waals surface area contributed by atoms with E-state index in [1.165, 1.54) is 25.3 Å². The van der Waals surface area contributed by atoms with Crippen LogP contribution in [0.2, 0.25) is 0 Å². The summed E-state index contributed by atoms with van der Waals surface area (Å²) in [4.78, 5) is 23.5. The molecule has 0 bridgehead atoms. The van der Waals surface area contributed by atoms with E-state index in [-0.39, 0.29) is 17.3 Å². The third-order valence-electron chi connectivity index (χ3n) is 3.02. The molecule has 120 valence electrons. The van der Waals surface area contributed by atoms with Crippen LogP contribution in [-0.4, -0.2) is 31.1 Å². The van der Waals surface area contributed by atoms with Gasteiger partial charge in [0.2, 0.25) is 5.91 Å². The highest BCUT2D eigenvalue weighted by Gasteiger charge is 2.32. The molecule has 1 aromatic rings. The lowest BCUT2D eigenvalue weighted by Gasteiger charge is -2.13. The third kappa shape index (κ3) is 4.64. The largest absolute Gasteiger partial charge is 0.497 e. The molecular formula is C14H15F3N2O3. The molecule has 0 heterocycles. The van der Waals surface area contributed by atoms with Crippen molar-refractivity contribution in [2.75, 3.05) is 12.4 Å². The summed E-state index contributed by atoms with van der Waals surface area (Å²) in [5.74, 6) is -1.31. The summed E-state index contributed by atoms with van der Waals surface area (Å²) >= 11 is 0. The Morgan fingerprint density at radius 3 is 2.55 bits per heavy atom. The van der Waals surface area contributed by atoms with Gasteiger partial charge in [0, 0.05) is 6.04 Å². The molecule has 0 radical (unpaired) electrons. The predicted octanol–water partition coefficient (Wildman–Crippen LogP) is 2.48. The smallest absolute Gasteiger partial charge is 0.397 e. The van der Waals surface area contributed by atoms with E-state index < -0.39 is 24.4 Å². The number of hydrogen-bond acceptors (Lipinski definition) is 3. The fourth-order valence-electron chi connectivity index (χ4n) is 1.81. The van der Waals surface area contributed by atoms with E-state index in [1.807, 2.05) is 0 Å². The van der Waals surface area contributed by atoms with Gasteiger partial charge >= 0.3 is 6.18 Å². The minimum absolute atomic E-state index is 0.0215. The minimum atomic E-state index is -4.60. The second kappa shape index (κ2) is 6.25. The second-order valence-corrected chi connectivity index (χ2v) is 5.00. The van der Waals surface area contributed by atoms with Crippen LogP contribution in [0.3, 0.4) is 0 Å². The van der Waals surface area contributed by atoms with Gasteiger partial charge in [-0.1, -0.05) is 0 Å². The van der Waals surface area contributed by atoms with E-state index >= 15 is 0 Å². The summed E-state index contributed by atoms with van der Waals surface area (Å²) in [7, 11) is 1.40. The first-order chi connectivity index (χ1) is 10.3. The number of carbonyl (C=O) groups excluding carboxylic acids is 2. The van der Waals surface area contributed by atoms with Crippen LogP contribution in [-0.2, 0) is 4.79 Å². The van der Waals surface area contributed by atoms with Crippen molar-refractivity contribution in [1.29, 1.82) is 0 Å². The SMILES string of the molecule is COc1ccc(NC(=O)CC(F)(F)F)c(C(=O)NC2CC2)c1. The Morgan fingerprint density at radius 1 is 1.32 bits per heavy atom. The van der Waals surface area contributed by atoms with E-state index in [4.69, 9.17) is 4.74 Å². The van der Waals surface area contributed by atoms with Crippen molar-refractivity contribution in [3.63, 3.8) is 0 Å². The van der Waals surface area contributed by atoms with Crippen LogP contribution in [0, 0.1) is 0 Å². The monoisotopic (exact) mass is 316 g/mol. The molecule has 1 aliphatic carbocycles. The van der Waals surface area contributed by atoms with Gasteiger partial charge in [0.25, 0.3) is 5.91 Å². The fraction of sp³-hybridized carbons (Fsp3) is 0.429. The van der Waals surface area contributed by atoms with E-state index in [2.05, 4.69) is 10.6 Å². The normalized spacial score (nSPS) is 14.4. The molecule has 2 rings (SSSR count). The van der Waals surface area contributed by atoms with Crippen LogP contribution in [0.5, 0.6) is 5.75 Å². The molecule has 5 nitrogen and oxygen atoms in total. The first-order valence-electron chi connectivity index (χ1n) is 6.64. The Morgan fingerprint density at radius 2 is 2.00 bits per heavy atom. The molecule has 2 amide bonds. The summed E-state index contributed by atoms with van der Waals surface area (Å²) < 4.78 is 41.6. The molecule has 1 aromatic carbocycles. The van der Waals surface area contributed by atoms with Gasteiger partial charge < -0.3 is 15.4 Å². The maximum atomic E-state index is 12.2. The van der Waals surface area contributed by atoms with Gasteiger partial charge in [0.1, 0.15) is 12.2 Å². The molecule has 0 aliphatic heterocycles. The Balaban J connectivity index is 2.17. The van der Waals surface area contributed by atoms with Crippen LogP contribution in [0.4, 0.5) is 18.9 Å². The number of rotatable bonds is 5. The van der Waals surface area contributed by atoms with Crippen molar-refractivity contribution >= 4 is 17.5 Å². The first kappa shape index (κ1) is 16.1. The molecule has 2 N–H and O–H groups in total. The zero-order chi connectivity index (χ0) is 16.3. The number of methoxy groups -OCH3 is 1. The zero-order valence-corrected chi connectivity index (χ0v) is 11.8. The molecule has 1 aliphatic rings. The topological polar surface area (TPSA) is 67.4 Å². The summed E-state index contributed by atoms with van der Waals surface area (Å²) in [6.07, 6.45) is -4.48. The molecule has 0 saturated heterocycles. The molecule has 8 heteroatoms. The summed E-state index contributed by atoms with van der Waals surface area (Å²) in [5.41, 5.74) is 0.0926. The highest BCUT2D eigenvalue weighted by Crippen LogP contribution is 2.26. The van der Waals surface area contributed by atoms with Crippen molar-refractivity contribution in [2.45, 2.75) is 31.5 Å². The molecular weight excluding hydrogens is 301 g/mol. The average Bonchev–Trinajstić information content (AvgIpc) is 3.20. The number of anilines is 1. The van der Waals surface area contributed by atoms with Crippen molar-refractivity contribution in [1.82, 2.24) is 5.32 Å². The van der Waals surface area contributed by atoms with Gasteiger partial charge in [0.15, 0.2) is 0 Å². The van der Waals surface area contributed by atoms with Gasteiger partial charge in [0.05, 0.1) is 18.4 Å². The lowest BCUT2D eigenvalue weighted by molar-refractivity contribution is -0.150. The molecule has 22 heavy (non-hydrogen) atoms. The van der Waals surface area contributed by atoms with Crippen molar-refractivity contribution < 1.29 is 27.5 Å². The van der Waals surface area contributed by atoms with Crippen molar-refractivity contribution in [3.05, 3.63) is 23.8 Å². The third-order valence-corrected chi connectivity index (χ3v) is 3.02. The quantitative estimate of drug-likeness (QED) is 0.877. The summed E-state index contributed by atoms with van der Waals surface area (Å²) in [6.45, 7) is 0. The van der Waals surface area contributed by atoms with Crippen molar-refractivity contribution in [3.8, 4) is 5.75 Å². The number of carbonyl (C=O) groups is 2. The molecule has 0 aromatic heterocycles. The Hall–Kier alpha value is -2.25. The minimum Gasteiger partial charge on any atom is -0.497 e. The van der Waals surface area contributed by atoms with Gasteiger partial charge in [-0.3, -0.25) is 9.59 Å². The van der Waals surface area contributed by atoms with Crippen LogP contribution < -0.4 is 15.4 Å². The van der Waals surface area contributed by atoms with Gasteiger partial charge in [-0.15, -0.1) is 0 Å². The molecule has 0 spiro atoms. The number of hydrogen-bond donors (Lipinski definition) is 2. The van der Waals surface area contributed by atoms with E-state index in [0.29, 0.717) is 5.75 Å². The Labute approximate surface area is 124 Å². The highest BCUT2D eigenvalue weighted by molar-refractivity contribution is 6.04. The number of benzene rings is 1. The zero-order valence-electron chi connectivity index (χ0n) is 11.8. The van der Waals surface area contributed by atoms with E-state index in [1.54, 1.807) is 0 Å². The summed E-state index contributed by atoms with van der Waals surface area (Å²) in [5, 5.41) is 4.83. The number of ether oxygens (including phenoxy) is 1. The maximum absolute atomic E-state index is 12.2. The molecule has 1 saturated carbocycles. The summed E-state index contributed by atoms with van der Waals surface area (Å²) in [6, 6.07) is 4.25. The average molecular weight is 316 g/mol. The molecule has 1 fully saturated rings. The number of alkyl halides is 3. The van der Waals surface area contributed by atoms with Crippen LogP contribution in [0.25, 0.3) is 0 Å². The number of amides is 2. The second-order valence-electron chi connectivity index (χ2n) is 5.00. The number of halogens is 3. The lowest BCUT2D eigenvalue weighted by atomic mass is 10.1. The Kier molecular flexibility index (Phi) is 4.58. The Bertz CT molecular complexity index is 583. The first-order valence-corrected chi connectivity index (χ1v) is 6.64. The van der Waals surface area contributed by atoms with Crippen LogP contribution in [0.15, 0.2) is 18.2 Å². The van der Waals surface area contributed by atoms with E-state index in [9.17, 15) is 22.8 Å². The fourth-order valence-corrected chi connectivity index (χ4v) is 1.81. The maximum Gasteiger partial charge on any atom is 0.397 e. The van der Waals surface area contributed by atoms with E-state index in [0.717, 1.165) is 12.8 Å². The highest BCUT2D eigenvalue weighted by atomic mass is 19.4. The standard InChI is InChI=1S/C14H15F3N2O3/c1-22-9-4-5-11(19-12(20)7-14(15,16)17)10(6-9)13(21)18-8-2-3-8/h4-6,8H,2-3,7H2,1H3,(H,18,21)(H,19,20). The van der Waals surface area contributed by atoms with Crippen molar-refractivity contribution in [2.24, 2.45) is 0 Å². The molecule has 0 atom stereocenters. The van der Waals surface area contributed by atoms with Crippen LogP contribution >= 0.6 is 0 Å². The predicted molar refractivity (Wildman–Crippen MR) is 72.8 cm³/mol. The van der Waals surface area contributed by atoms with Gasteiger partial charge in [-0.2, -0.15) is 13.2 Å². The lowest BCUT2D eigenvalue weighted by Crippen LogP contribution is -2.28. The van der Waals surface area contributed by atoms with Gasteiger partial charge in [-0.25, -0.2) is 0 Å². The van der Waals surface area contributed by atoms with Crippen LogP contribution in [0.1, 0.15) is 29.6 Å². The molecule has 0 unspecified atom stereocenters. The number of nitrogens with one attached hydrogen (secondary N) is 2. The van der Waals surface area contributed by atoms with Gasteiger partial charge in [-0.05, 0) is 31.0 Å².